The zero-order valence-electron chi connectivity index (χ0n) is 11.5. The summed E-state index contributed by atoms with van der Waals surface area (Å²) in [6.07, 6.45) is 4.59. The Kier molecular flexibility index (Phi) is 1.95. The molecule has 5 fully saturated rings. The van der Waals surface area contributed by atoms with Gasteiger partial charge in [-0.15, -0.1) is 0 Å². The van der Waals surface area contributed by atoms with Crippen LogP contribution in [0, 0.1) is 11.3 Å². The molecular formula is C17H19NO2. The first-order chi connectivity index (χ1) is 9.71. The maximum absolute atomic E-state index is 12.6. The average Bonchev–Trinajstić information content (AvgIpc) is 2.77. The number of carbonyl (C=O) groups is 1. The second-order valence-electron chi connectivity index (χ2n) is 7.26. The van der Waals surface area contributed by atoms with Crippen molar-refractivity contribution in [2.75, 3.05) is 6.61 Å². The summed E-state index contributed by atoms with van der Waals surface area (Å²) >= 11 is 0. The molecule has 1 N–H and O–H groups in total. The average molecular weight is 269 g/mol. The number of rotatable bonds is 3. The largest absolute Gasteiger partial charge is 0.376 e. The third-order valence-corrected chi connectivity index (χ3v) is 6.09. The van der Waals surface area contributed by atoms with Gasteiger partial charge in [-0.1, -0.05) is 30.3 Å². The van der Waals surface area contributed by atoms with E-state index < -0.39 is 0 Å². The van der Waals surface area contributed by atoms with E-state index >= 15 is 0 Å². The Hall–Kier alpha value is -1.35. The summed E-state index contributed by atoms with van der Waals surface area (Å²) in [7, 11) is 0. The van der Waals surface area contributed by atoms with Crippen molar-refractivity contribution in [3.8, 4) is 0 Å². The first-order valence-corrected chi connectivity index (χ1v) is 7.70. The Morgan fingerprint density at radius 2 is 1.95 bits per heavy atom. The summed E-state index contributed by atoms with van der Waals surface area (Å²) in [6, 6.07) is 10.7. The van der Waals surface area contributed by atoms with Gasteiger partial charge in [0.15, 0.2) is 0 Å². The minimum atomic E-state index is -0.0249. The number of carbonyl (C=O) groups excluding carboxylic acids is 1. The van der Waals surface area contributed by atoms with E-state index in [-0.39, 0.29) is 11.0 Å². The van der Waals surface area contributed by atoms with Gasteiger partial charge in [0.1, 0.15) is 0 Å². The van der Waals surface area contributed by atoms with Crippen LogP contribution in [0.25, 0.3) is 0 Å². The molecule has 2 heterocycles. The van der Waals surface area contributed by atoms with Crippen molar-refractivity contribution < 1.29 is 9.53 Å². The second-order valence-corrected chi connectivity index (χ2v) is 7.26. The maximum Gasteiger partial charge on any atom is 0.227 e. The number of hydrogen-bond acceptors (Lipinski definition) is 2. The number of ether oxygens (including phenoxy) is 1. The minimum absolute atomic E-state index is 0.00146. The SMILES string of the molecule is O=C(NC12COC(C1)C2)[C@@]12C[C@@H](c3ccccc3)[C@@H]1C2. The van der Waals surface area contributed by atoms with Crippen molar-refractivity contribution in [2.45, 2.75) is 43.2 Å². The van der Waals surface area contributed by atoms with Crippen molar-refractivity contribution in [1.82, 2.24) is 5.32 Å². The van der Waals surface area contributed by atoms with Crippen LogP contribution in [0.5, 0.6) is 0 Å². The Bertz CT molecular complexity index is 572. The van der Waals surface area contributed by atoms with Gasteiger partial charge in [-0.25, -0.2) is 0 Å². The number of fused-ring (bicyclic) bond motifs is 2. The number of nitrogens with one attached hydrogen (secondary N) is 1. The van der Waals surface area contributed by atoms with Crippen LogP contribution >= 0.6 is 0 Å². The van der Waals surface area contributed by atoms with Gasteiger partial charge >= 0.3 is 0 Å². The van der Waals surface area contributed by atoms with Gasteiger partial charge in [-0.05, 0) is 43.1 Å². The molecule has 0 spiro atoms. The molecule has 3 saturated carbocycles. The lowest BCUT2D eigenvalue weighted by Crippen LogP contribution is -2.58. The molecular weight excluding hydrogens is 250 g/mol. The highest BCUT2D eigenvalue weighted by atomic mass is 16.5. The number of benzene rings is 1. The molecule has 20 heavy (non-hydrogen) atoms. The topological polar surface area (TPSA) is 38.3 Å². The van der Waals surface area contributed by atoms with Crippen LogP contribution in [0.4, 0.5) is 0 Å². The molecule has 1 amide bonds. The van der Waals surface area contributed by atoms with Crippen LogP contribution in [0.1, 0.15) is 37.2 Å². The van der Waals surface area contributed by atoms with Crippen LogP contribution in [-0.2, 0) is 9.53 Å². The fourth-order valence-corrected chi connectivity index (χ4v) is 4.70. The predicted molar refractivity (Wildman–Crippen MR) is 74.2 cm³/mol. The van der Waals surface area contributed by atoms with Crippen molar-refractivity contribution in [3.63, 3.8) is 0 Å². The summed E-state index contributed by atoms with van der Waals surface area (Å²) in [5.41, 5.74) is 1.38. The molecule has 2 saturated heterocycles. The molecule has 2 bridgehead atoms. The lowest BCUT2D eigenvalue weighted by atomic mass is 9.70. The van der Waals surface area contributed by atoms with E-state index in [9.17, 15) is 4.79 Å². The van der Waals surface area contributed by atoms with Crippen molar-refractivity contribution in [1.29, 1.82) is 0 Å². The van der Waals surface area contributed by atoms with Crippen LogP contribution in [0.15, 0.2) is 30.3 Å². The first-order valence-electron chi connectivity index (χ1n) is 7.70. The molecule has 3 nitrogen and oxygen atoms in total. The van der Waals surface area contributed by atoms with Crippen LogP contribution in [-0.4, -0.2) is 24.2 Å². The van der Waals surface area contributed by atoms with Crippen LogP contribution in [0.2, 0.25) is 0 Å². The summed E-state index contributed by atoms with van der Waals surface area (Å²) < 4.78 is 5.58. The molecule has 0 radical (unpaired) electrons. The van der Waals surface area contributed by atoms with E-state index in [0.29, 0.717) is 23.8 Å². The van der Waals surface area contributed by atoms with E-state index in [1.165, 1.54) is 5.56 Å². The van der Waals surface area contributed by atoms with E-state index in [1.54, 1.807) is 0 Å². The molecule has 1 aromatic carbocycles. The van der Waals surface area contributed by atoms with E-state index in [4.69, 9.17) is 4.74 Å². The Labute approximate surface area is 118 Å². The lowest BCUT2D eigenvalue weighted by molar-refractivity contribution is -0.132. The molecule has 3 aliphatic carbocycles. The Balaban J connectivity index is 1.28. The second kappa shape index (κ2) is 3.45. The monoisotopic (exact) mass is 269 g/mol. The highest BCUT2D eigenvalue weighted by Crippen LogP contribution is 2.74. The molecule has 0 aromatic heterocycles. The number of amides is 1. The van der Waals surface area contributed by atoms with E-state index in [1.807, 2.05) is 0 Å². The van der Waals surface area contributed by atoms with Gasteiger partial charge in [0.25, 0.3) is 0 Å². The third kappa shape index (κ3) is 1.32. The van der Waals surface area contributed by atoms with Gasteiger partial charge in [0.2, 0.25) is 5.91 Å². The van der Waals surface area contributed by atoms with Crippen molar-refractivity contribution in [3.05, 3.63) is 35.9 Å². The van der Waals surface area contributed by atoms with Gasteiger partial charge in [0.05, 0.1) is 23.7 Å². The van der Waals surface area contributed by atoms with Crippen LogP contribution < -0.4 is 5.32 Å². The Morgan fingerprint density at radius 1 is 1.15 bits per heavy atom. The number of hydrogen-bond donors (Lipinski definition) is 1. The van der Waals surface area contributed by atoms with Gasteiger partial charge < -0.3 is 10.1 Å². The zero-order chi connectivity index (χ0) is 13.4. The molecule has 6 rings (SSSR count). The fourth-order valence-electron chi connectivity index (χ4n) is 4.70. The highest BCUT2D eigenvalue weighted by molar-refractivity contribution is 5.89. The third-order valence-electron chi connectivity index (χ3n) is 6.09. The summed E-state index contributed by atoms with van der Waals surface area (Å²) in [6.45, 7) is 0.728. The standard InChI is InChI=1S/C17H19NO2/c19-15(18-16-6-12(7-16)20-10-16)17-8-13(14(17)9-17)11-4-2-1-3-5-11/h1-5,12-14H,6-10H2,(H,18,19)/t12?,13-,14-,16?,17+/m0/s1. The van der Waals surface area contributed by atoms with Crippen LogP contribution in [0.3, 0.4) is 0 Å². The van der Waals surface area contributed by atoms with Gasteiger partial charge in [0, 0.05) is 0 Å². The van der Waals surface area contributed by atoms with Gasteiger partial charge in [-0.3, -0.25) is 4.79 Å². The lowest BCUT2D eigenvalue weighted by Gasteiger charge is -2.40. The molecule has 3 heteroatoms. The first kappa shape index (κ1) is 11.3. The molecule has 0 unspecified atom stereocenters. The highest BCUT2D eigenvalue weighted by Gasteiger charge is 2.72. The smallest absolute Gasteiger partial charge is 0.227 e. The van der Waals surface area contributed by atoms with E-state index in [0.717, 1.165) is 32.3 Å². The summed E-state index contributed by atoms with van der Waals surface area (Å²) in [5, 5.41) is 3.31. The zero-order valence-corrected chi connectivity index (χ0v) is 11.5. The van der Waals surface area contributed by atoms with Crippen molar-refractivity contribution in [2.24, 2.45) is 11.3 Å². The molecule has 1 aromatic rings. The maximum atomic E-state index is 12.6. The summed E-state index contributed by atoms with van der Waals surface area (Å²) in [4.78, 5) is 12.6. The summed E-state index contributed by atoms with van der Waals surface area (Å²) in [5.74, 6) is 1.49. The molecule has 2 aliphatic heterocycles. The fraction of sp³-hybridized carbons (Fsp3) is 0.588. The Morgan fingerprint density at radius 3 is 2.60 bits per heavy atom. The molecule has 3 atom stereocenters. The van der Waals surface area contributed by atoms with E-state index in [2.05, 4.69) is 35.6 Å². The van der Waals surface area contributed by atoms with Crippen molar-refractivity contribution >= 4 is 5.91 Å². The molecule has 5 aliphatic rings. The quantitative estimate of drug-likeness (QED) is 0.914. The normalized spacial score (nSPS) is 46.9. The minimum Gasteiger partial charge on any atom is -0.376 e. The van der Waals surface area contributed by atoms with Gasteiger partial charge in [-0.2, -0.15) is 0 Å². The predicted octanol–water partition coefficient (Wildman–Crippen LogP) is 2.23. The molecule has 104 valence electrons.